The maximum Gasteiger partial charge on any atom is 0.410 e. The molecule has 0 spiro atoms. The van der Waals surface area contributed by atoms with E-state index in [4.69, 9.17) is 10.5 Å². The maximum atomic E-state index is 12.3. The fourth-order valence-electron chi connectivity index (χ4n) is 2.94. The number of benzene rings is 1. The normalized spacial score (nSPS) is 20.8. The average molecular weight is 355 g/mol. The largest absolute Gasteiger partial charge is 0.481 e. The van der Waals surface area contributed by atoms with Crippen molar-refractivity contribution in [1.29, 1.82) is 0 Å². The molecule has 0 bridgehead atoms. The van der Waals surface area contributed by atoms with Crippen molar-refractivity contribution in [3.63, 3.8) is 0 Å². The van der Waals surface area contributed by atoms with Crippen LogP contribution >= 0.6 is 12.4 Å². The molecule has 0 radical (unpaired) electrons. The summed E-state index contributed by atoms with van der Waals surface area (Å²) in [5.41, 5.74) is 6.91. The lowest BCUT2D eigenvalue weighted by Crippen LogP contribution is -2.49. The van der Waals surface area contributed by atoms with Crippen molar-refractivity contribution in [3.8, 4) is 0 Å². The minimum absolute atomic E-state index is 0. The van der Waals surface area contributed by atoms with E-state index in [0.29, 0.717) is 13.0 Å². The van der Waals surface area contributed by atoms with Gasteiger partial charge in [0.2, 0.25) is 0 Å². The number of carbonyl (C=O) groups is 2. The molecule has 0 unspecified atom stereocenters. The second-order valence-corrected chi connectivity index (χ2v) is 5.65. The number of aliphatic carboxylic acids is 1. The first-order chi connectivity index (χ1) is 11.0. The summed E-state index contributed by atoms with van der Waals surface area (Å²) in [5.74, 6) is -1.75. The molecule has 1 aromatic carbocycles. The quantitative estimate of drug-likeness (QED) is 0.765. The van der Waals surface area contributed by atoms with Gasteiger partial charge in [0.05, 0.1) is 12.0 Å². The van der Waals surface area contributed by atoms with E-state index in [9.17, 15) is 14.7 Å². The molecule has 7 heteroatoms. The maximum absolute atomic E-state index is 12.3. The highest BCUT2D eigenvalue weighted by Crippen LogP contribution is 2.27. The number of amides is 1. The van der Waals surface area contributed by atoms with E-state index in [-0.39, 0.29) is 31.5 Å². The molecular weight excluding hydrogens is 332 g/mol. The Hall–Kier alpha value is -2.05. The van der Waals surface area contributed by atoms with Crippen molar-refractivity contribution in [2.45, 2.75) is 31.5 Å². The van der Waals surface area contributed by atoms with E-state index in [1.165, 1.54) is 11.0 Å². The highest BCUT2D eigenvalue weighted by atomic mass is 35.5. The van der Waals surface area contributed by atoms with Gasteiger partial charge >= 0.3 is 12.1 Å². The third-order valence-electron chi connectivity index (χ3n) is 4.09. The number of likely N-dealkylation sites (tertiary alicyclic amines) is 1. The molecule has 0 aliphatic carbocycles. The summed E-state index contributed by atoms with van der Waals surface area (Å²) in [6.07, 6.45) is 1.83. The van der Waals surface area contributed by atoms with Crippen LogP contribution in [0, 0.1) is 5.92 Å². The molecule has 1 saturated heterocycles. The van der Waals surface area contributed by atoms with Crippen LogP contribution in [0.3, 0.4) is 0 Å². The lowest BCUT2D eigenvalue weighted by atomic mass is 9.91. The van der Waals surface area contributed by atoms with Gasteiger partial charge in [0.1, 0.15) is 6.61 Å². The predicted molar refractivity (Wildman–Crippen MR) is 92.9 cm³/mol. The van der Waals surface area contributed by atoms with Crippen LogP contribution in [-0.4, -0.2) is 40.7 Å². The number of rotatable bonds is 6. The lowest BCUT2D eigenvalue weighted by molar-refractivity contribution is -0.143. The van der Waals surface area contributed by atoms with Crippen molar-refractivity contribution >= 4 is 24.5 Å². The van der Waals surface area contributed by atoms with Gasteiger partial charge < -0.3 is 20.5 Å². The van der Waals surface area contributed by atoms with Gasteiger partial charge in [0.25, 0.3) is 0 Å². The van der Waals surface area contributed by atoms with Crippen molar-refractivity contribution in [1.82, 2.24) is 4.90 Å². The lowest BCUT2D eigenvalue weighted by Gasteiger charge is -2.30. The minimum atomic E-state index is -0.979. The number of carboxylic acids is 1. The molecule has 1 amide bonds. The Balaban J connectivity index is 0.00000288. The van der Waals surface area contributed by atoms with Gasteiger partial charge in [0.15, 0.2) is 0 Å². The first-order valence-corrected chi connectivity index (χ1v) is 7.61. The summed E-state index contributed by atoms with van der Waals surface area (Å²) in [6, 6.07) is 8.38. The van der Waals surface area contributed by atoms with Crippen molar-refractivity contribution in [2.24, 2.45) is 11.7 Å². The summed E-state index contributed by atoms with van der Waals surface area (Å²) in [5, 5.41) is 9.41. The average Bonchev–Trinajstić information content (AvgIpc) is 2.92. The van der Waals surface area contributed by atoms with Crippen LogP contribution in [0.15, 0.2) is 43.0 Å². The van der Waals surface area contributed by atoms with E-state index in [1.54, 1.807) is 0 Å². The zero-order chi connectivity index (χ0) is 16.8. The fourth-order valence-corrected chi connectivity index (χ4v) is 2.94. The summed E-state index contributed by atoms with van der Waals surface area (Å²) < 4.78 is 5.31. The number of ether oxygens (including phenoxy) is 1. The van der Waals surface area contributed by atoms with Crippen LogP contribution in [-0.2, 0) is 16.1 Å². The van der Waals surface area contributed by atoms with Gasteiger partial charge in [-0.1, -0.05) is 36.4 Å². The van der Waals surface area contributed by atoms with E-state index >= 15 is 0 Å². The van der Waals surface area contributed by atoms with E-state index in [2.05, 4.69) is 6.58 Å². The topological polar surface area (TPSA) is 92.9 Å². The van der Waals surface area contributed by atoms with Crippen molar-refractivity contribution in [2.75, 3.05) is 6.54 Å². The summed E-state index contributed by atoms with van der Waals surface area (Å²) in [4.78, 5) is 25.3. The number of halogens is 1. The van der Waals surface area contributed by atoms with E-state index < -0.39 is 24.0 Å². The number of carbonyl (C=O) groups excluding carboxylic acids is 1. The third-order valence-corrected chi connectivity index (χ3v) is 4.09. The molecule has 2 rings (SSSR count). The van der Waals surface area contributed by atoms with Crippen molar-refractivity contribution in [3.05, 3.63) is 48.6 Å². The van der Waals surface area contributed by atoms with E-state index in [1.807, 2.05) is 30.3 Å². The minimum Gasteiger partial charge on any atom is -0.481 e. The van der Waals surface area contributed by atoms with Gasteiger partial charge in [-0.15, -0.1) is 19.0 Å². The Morgan fingerprint density at radius 2 is 2.08 bits per heavy atom. The molecule has 1 fully saturated rings. The molecule has 1 aromatic rings. The monoisotopic (exact) mass is 354 g/mol. The number of hydrogen-bond acceptors (Lipinski definition) is 4. The van der Waals surface area contributed by atoms with Gasteiger partial charge in [-0.3, -0.25) is 4.79 Å². The van der Waals surface area contributed by atoms with Gasteiger partial charge in [-0.05, 0) is 18.4 Å². The SMILES string of the molecule is C=CC[C@@H](C(=O)O)[C@H]1[C@@H](N)CCN1C(=O)OCc1ccccc1.Cl. The molecule has 3 atom stereocenters. The molecule has 3 N–H and O–H groups in total. The molecule has 1 aliphatic rings. The van der Waals surface area contributed by atoms with Gasteiger partial charge in [-0.2, -0.15) is 0 Å². The highest BCUT2D eigenvalue weighted by Gasteiger charge is 2.43. The Morgan fingerprint density at radius 3 is 2.67 bits per heavy atom. The van der Waals surface area contributed by atoms with Crippen LogP contribution < -0.4 is 5.73 Å². The second kappa shape index (κ2) is 9.30. The number of allylic oxidation sites excluding steroid dienone is 1. The summed E-state index contributed by atoms with van der Waals surface area (Å²) >= 11 is 0. The fraction of sp³-hybridized carbons (Fsp3) is 0.412. The van der Waals surface area contributed by atoms with Crippen LogP contribution in [0.25, 0.3) is 0 Å². The van der Waals surface area contributed by atoms with E-state index in [0.717, 1.165) is 5.56 Å². The molecule has 0 aromatic heterocycles. The number of carboxylic acid groups (broad SMARTS) is 1. The molecule has 1 aliphatic heterocycles. The molecule has 6 nitrogen and oxygen atoms in total. The van der Waals surface area contributed by atoms with Gasteiger partial charge in [-0.25, -0.2) is 4.79 Å². The molecule has 0 saturated carbocycles. The number of nitrogens with zero attached hydrogens (tertiary/aromatic N) is 1. The smallest absolute Gasteiger partial charge is 0.410 e. The standard InChI is InChI=1S/C17H22N2O4.ClH/c1-2-6-13(16(20)21)15-14(18)9-10-19(15)17(22)23-11-12-7-4-3-5-8-12;/h2-5,7-8,13-15H,1,6,9-11,18H2,(H,20,21);1H/t13-,14+,15+;/m1./s1. The Morgan fingerprint density at radius 1 is 1.42 bits per heavy atom. The molecule has 132 valence electrons. The Labute approximate surface area is 147 Å². The predicted octanol–water partition coefficient (Wildman–Crippen LogP) is 2.42. The molecule has 24 heavy (non-hydrogen) atoms. The van der Waals surface area contributed by atoms with Gasteiger partial charge in [0, 0.05) is 12.6 Å². The summed E-state index contributed by atoms with van der Waals surface area (Å²) in [6.45, 7) is 4.14. The Bertz CT molecular complexity index is 567. The first-order valence-electron chi connectivity index (χ1n) is 7.61. The number of nitrogens with two attached hydrogens (primary N) is 1. The molecular formula is C17H23ClN2O4. The molecule has 1 heterocycles. The van der Waals surface area contributed by atoms with Crippen LogP contribution in [0.1, 0.15) is 18.4 Å². The second-order valence-electron chi connectivity index (χ2n) is 5.65. The summed E-state index contributed by atoms with van der Waals surface area (Å²) in [7, 11) is 0. The third kappa shape index (κ3) is 4.72. The zero-order valence-electron chi connectivity index (χ0n) is 13.3. The zero-order valence-corrected chi connectivity index (χ0v) is 14.2. The number of hydrogen-bond donors (Lipinski definition) is 2. The van der Waals surface area contributed by atoms with Crippen LogP contribution in [0.4, 0.5) is 4.79 Å². The first kappa shape index (κ1) is 20.0. The van der Waals surface area contributed by atoms with Crippen LogP contribution in [0.2, 0.25) is 0 Å². The van der Waals surface area contributed by atoms with Crippen molar-refractivity contribution < 1.29 is 19.4 Å². The highest BCUT2D eigenvalue weighted by molar-refractivity contribution is 5.85. The Kier molecular flexibility index (Phi) is 7.74. The van der Waals surface area contributed by atoms with Crippen LogP contribution in [0.5, 0.6) is 0 Å².